The second-order valence-corrected chi connectivity index (χ2v) is 9.27. The highest BCUT2D eigenvalue weighted by molar-refractivity contribution is 5.96. The Balaban J connectivity index is 1.64. The van der Waals surface area contributed by atoms with E-state index in [9.17, 15) is 9.59 Å². The van der Waals surface area contributed by atoms with Crippen LogP contribution in [0, 0.1) is 5.41 Å². The maximum absolute atomic E-state index is 12.7. The van der Waals surface area contributed by atoms with E-state index < -0.39 is 0 Å². The van der Waals surface area contributed by atoms with Crippen LogP contribution < -0.4 is 16.0 Å². The minimum Gasteiger partial charge on any atom is -0.397 e. The molecule has 0 radical (unpaired) electrons. The molecule has 0 aliphatic carbocycles. The Morgan fingerprint density at radius 2 is 1.72 bits per heavy atom. The van der Waals surface area contributed by atoms with E-state index in [2.05, 4.69) is 31.0 Å². The standard InChI is InChI=1S/C22H35N5O2/c1-22(2,3)16-20(28)26-10-4-9-25(13-14-26)19-6-5-17(15-18(19)23)21(29)27-11-7-24-8-12-27/h5-6,15,24H,4,7-14,16,23H2,1-3H3. The lowest BCUT2D eigenvalue weighted by molar-refractivity contribution is -0.132. The van der Waals surface area contributed by atoms with Gasteiger partial charge in [-0.25, -0.2) is 0 Å². The summed E-state index contributed by atoms with van der Waals surface area (Å²) in [5.74, 6) is 0.267. The Morgan fingerprint density at radius 3 is 2.38 bits per heavy atom. The largest absolute Gasteiger partial charge is 0.397 e. The summed E-state index contributed by atoms with van der Waals surface area (Å²) in [7, 11) is 0. The molecule has 0 saturated carbocycles. The monoisotopic (exact) mass is 401 g/mol. The Hall–Kier alpha value is -2.28. The number of amides is 2. The van der Waals surface area contributed by atoms with Crippen molar-refractivity contribution in [1.29, 1.82) is 0 Å². The normalized spacial score (nSPS) is 18.5. The fourth-order valence-corrected chi connectivity index (χ4v) is 4.00. The lowest BCUT2D eigenvalue weighted by Gasteiger charge is -2.28. The Bertz CT molecular complexity index is 737. The Kier molecular flexibility index (Phi) is 6.67. The molecular weight excluding hydrogens is 366 g/mol. The van der Waals surface area contributed by atoms with Crippen LogP contribution in [0.5, 0.6) is 0 Å². The van der Waals surface area contributed by atoms with Gasteiger partial charge in [-0.1, -0.05) is 20.8 Å². The molecule has 160 valence electrons. The van der Waals surface area contributed by atoms with Gasteiger partial charge in [0.1, 0.15) is 0 Å². The fraction of sp³-hybridized carbons (Fsp3) is 0.636. The first-order valence-electron chi connectivity index (χ1n) is 10.7. The van der Waals surface area contributed by atoms with Crippen molar-refractivity contribution in [3.63, 3.8) is 0 Å². The topological polar surface area (TPSA) is 81.9 Å². The van der Waals surface area contributed by atoms with E-state index in [1.807, 2.05) is 21.9 Å². The molecule has 0 unspecified atom stereocenters. The number of rotatable bonds is 3. The summed E-state index contributed by atoms with van der Waals surface area (Å²) in [5, 5.41) is 3.26. The van der Waals surface area contributed by atoms with Crippen LogP contribution in [0.2, 0.25) is 0 Å². The second-order valence-electron chi connectivity index (χ2n) is 9.27. The molecule has 7 nitrogen and oxygen atoms in total. The summed E-state index contributed by atoms with van der Waals surface area (Å²) in [4.78, 5) is 31.4. The number of hydrogen-bond acceptors (Lipinski definition) is 5. The number of anilines is 2. The highest BCUT2D eigenvalue weighted by Crippen LogP contribution is 2.27. The number of nitrogens with zero attached hydrogens (tertiary/aromatic N) is 3. The summed E-state index contributed by atoms with van der Waals surface area (Å²) >= 11 is 0. The number of piperazine rings is 1. The van der Waals surface area contributed by atoms with Gasteiger partial charge >= 0.3 is 0 Å². The molecule has 2 aliphatic rings. The van der Waals surface area contributed by atoms with Crippen LogP contribution in [0.1, 0.15) is 44.0 Å². The van der Waals surface area contributed by atoms with Crippen molar-refractivity contribution in [2.24, 2.45) is 5.41 Å². The van der Waals surface area contributed by atoms with Crippen LogP contribution in [0.25, 0.3) is 0 Å². The quantitative estimate of drug-likeness (QED) is 0.755. The van der Waals surface area contributed by atoms with Crippen molar-refractivity contribution in [3.05, 3.63) is 23.8 Å². The summed E-state index contributed by atoms with van der Waals surface area (Å²) in [6.45, 7) is 12.5. The average Bonchev–Trinajstić information content (AvgIpc) is 2.93. The first kappa shape index (κ1) is 21.4. The van der Waals surface area contributed by atoms with E-state index in [-0.39, 0.29) is 17.2 Å². The van der Waals surface area contributed by atoms with Gasteiger partial charge in [-0.05, 0) is 30.0 Å². The van der Waals surface area contributed by atoms with Crippen LogP contribution in [-0.2, 0) is 4.79 Å². The molecule has 0 atom stereocenters. The predicted molar refractivity (Wildman–Crippen MR) is 117 cm³/mol. The van der Waals surface area contributed by atoms with Crippen molar-refractivity contribution in [1.82, 2.24) is 15.1 Å². The number of nitrogen functional groups attached to an aromatic ring is 1. The zero-order chi connectivity index (χ0) is 21.0. The minimum atomic E-state index is 0.000288. The van der Waals surface area contributed by atoms with Crippen LogP contribution in [0.3, 0.4) is 0 Å². The van der Waals surface area contributed by atoms with Gasteiger partial charge in [-0.15, -0.1) is 0 Å². The lowest BCUT2D eigenvalue weighted by atomic mass is 9.91. The van der Waals surface area contributed by atoms with E-state index in [1.165, 1.54) is 0 Å². The van der Waals surface area contributed by atoms with Gasteiger partial charge in [-0.3, -0.25) is 9.59 Å². The molecular formula is C22H35N5O2. The SMILES string of the molecule is CC(C)(C)CC(=O)N1CCCN(c2ccc(C(=O)N3CCNCC3)cc2N)CC1. The average molecular weight is 402 g/mol. The predicted octanol–water partition coefficient (Wildman–Crippen LogP) is 1.79. The molecule has 7 heteroatoms. The van der Waals surface area contributed by atoms with Crippen molar-refractivity contribution in [2.75, 3.05) is 63.0 Å². The van der Waals surface area contributed by atoms with E-state index in [0.717, 1.165) is 57.9 Å². The molecule has 0 aromatic heterocycles. The highest BCUT2D eigenvalue weighted by atomic mass is 16.2. The van der Waals surface area contributed by atoms with Crippen molar-refractivity contribution in [3.8, 4) is 0 Å². The Labute approximate surface area is 174 Å². The third kappa shape index (κ3) is 5.63. The lowest BCUT2D eigenvalue weighted by Crippen LogP contribution is -2.46. The molecule has 1 aromatic carbocycles. The zero-order valence-electron chi connectivity index (χ0n) is 18.0. The molecule has 3 rings (SSSR count). The van der Waals surface area contributed by atoms with E-state index in [0.29, 0.717) is 24.2 Å². The van der Waals surface area contributed by atoms with E-state index in [4.69, 9.17) is 5.73 Å². The number of carbonyl (C=O) groups is 2. The van der Waals surface area contributed by atoms with Gasteiger partial charge in [0, 0.05) is 64.3 Å². The van der Waals surface area contributed by atoms with Gasteiger partial charge in [0.05, 0.1) is 11.4 Å². The Morgan fingerprint density at radius 1 is 1.00 bits per heavy atom. The molecule has 0 spiro atoms. The molecule has 2 fully saturated rings. The second kappa shape index (κ2) is 9.03. The molecule has 2 saturated heterocycles. The van der Waals surface area contributed by atoms with Crippen molar-refractivity contribution < 1.29 is 9.59 Å². The number of benzene rings is 1. The van der Waals surface area contributed by atoms with Crippen LogP contribution in [-0.4, -0.2) is 74.0 Å². The maximum Gasteiger partial charge on any atom is 0.254 e. The number of carbonyl (C=O) groups excluding carboxylic acids is 2. The third-order valence-corrected chi connectivity index (χ3v) is 5.55. The molecule has 29 heavy (non-hydrogen) atoms. The van der Waals surface area contributed by atoms with Crippen LogP contribution >= 0.6 is 0 Å². The fourth-order valence-electron chi connectivity index (χ4n) is 4.00. The first-order valence-corrected chi connectivity index (χ1v) is 10.7. The van der Waals surface area contributed by atoms with Crippen molar-refractivity contribution >= 4 is 23.2 Å². The van der Waals surface area contributed by atoms with Crippen LogP contribution in [0.15, 0.2) is 18.2 Å². The van der Waals surface area contributed by atoms with Gasteiger partial charge < -0.3 is 25.8 Å². The molecule has 3 N–H and O–H groups in total. The van der Waals surface area contributed by atoms with E-state index >= 15 is 0 Å². The zero-order valence-corrected chi connectivity index (χ0v) is 18.0. The van der Waals surface area contributed by atoms with E-state index in [1.54, 1.807) is 6.07 Å². The minimum absolute atomic E-state index is 0.000288. The van der Waals surface area contributed by atoms with Gasteiger partial charge in [0.15, 0.2) is 0 Å². The molecule has 1 aromatic rings. The van der Waals surface area contributed by atoms with Gasteiger partial charge in [0.25, 0.3) is 5.91 Å². The van der Waals surface area contributed by atoms with Gasteiger partial charge in [-0.2, -0.15) is 0 Å². The first-order chi connectivity index (χ1) is 13.7. The number of nitrogens with one attached hydrogen (secondary N) is 1. The summed E-state index contributed by atoms with van der Waals surface area (Å²) in [6.07, 6.45) is 1.48. The summed E-state index contributed by atoms with van der Waals surface area (Å²) < 4.78 is 0. The molecule has 2 amide bonds. The molecule has 0 bridgehead atoms. The highest BCUT2D eigenvalue weighted by Gasteiger charge is 2.25. The van der Waals surface area contributed by atoms with Crippen LogP contribution in [0.4, 0.5) is 11.4 Å². The van der Waals surface area contributed by atoms with Gasteiger partial charge in [0.2, 0.25) is 5.91 Å². The molecule has 2 aliphatic heterocycles. The number of hydrogen-bond donors (Lipinski definition) is 2. The number of nitrogens with two attached hydrogens (primary N) is 1. The van der Waals surface area contributed by atoms with Crippen molar-refractivity contribution in [2.45, 2.75) is 33.6 Å². The molecule has 2 heterocycles. The third-order valence-electron chi connectivity index (χ3n) is 5.55. The summed E-state index contributed by atoms with van der Waals surface area (Å²) in [6, 6.07) is 5.63. The smallest absolute Gasteiger partial charge is 0.254 e. The maximum atomic E-state index is 12.7. The summed E-state index contributed by atoms with van der Waals surface area (Å²) in [5.41, 5.74) is 8.56.